The number of oxazole rings is 1. The molecule has 3 rings (SSSR count). The summed E-state index contributed by atoms with van der Waals surface area (Å²) in [6.45, 7) is 4.59. The van der Waals surface area contributed by atoms with Gasteiger partial charge < -0.3 is 15.5 Å². The van der Waals surface area contributed by atoms with E-state index in [9.17, 15) is 0 Å². The van der Waals surface area contributed by atoms with Crippen molar-refractivity contribution in [1.82, 2.24) is 4.98 Å². The average Bonchev–Trinajstić information content (AvgIpc) is 2.93. The summed E-state index contributed by atoms with van der Waals surface area (Å²) in [7, 11) is 0. The molecule has 1 heterocycles. The van der Waals surface area contributed by atoms with Gasteiger partial charge >= 0.3 is 0 Å². The fraction of sp³-hybridized carbons (Fsp3) is 0.533. The molecule has 102 valence electrons. The van der Waals surface area contributed by atoms with Gasteiger partial charge in [-0.1, -0.05) is 20.3 Å². The molecule has 0 amide bonds. The highest BCUT2D eigenvalue weighted by atomic mass is 16.4. The molecular formula is C15H21N3O. The summed E-state index contributed by atoms with van der Waals surface area (Å²) in [5.41, 5.74) is 8.07. The third-order valence-corrected chi connectivity index (χ3v) is 4.47. The number of fused-ring (bicyclic) bond motifs is 1. The molecule has 4 nitrogen and oxygen atoms in total. The first-order valence-electron chi connectivity index (χ1n) is 7.10. The standard InChI is InChI=1S/C15H21N3O/c1-3-10-4-6-12(9(10)2)17-15-18-13-8-11(16)5-7-14(13)19-15/h5,7-10,12H,3-4,6,16H2,1-2H3,(H,17,18). The van der Waals surface area contributed by atoms with E-state index >= 15 is 0 Å². The first-order valence-corrected chi connectivity index (χ1v) is 7.10. The third-order valence-electron chi connectivity index (χ3n) is 4.47. The van der Waals surface area contributed by atoms with E-state index in [1.807, 2.05) is 18.2 Å². The molecule has 3 N–H and O–H groups in total. The molecule has 3 atom stereocenters. The second kappa shape index (κ2) is 4.76. The summed E-state index contributed by atoms with van der Waals surface area (Å²) in [6, 6.07) is 6.64. The lowest BCUT2D eigenvalue weighted by Gasteiger charge is -2.19. The van der Waals surface area contributed by atoms with Crippen LogP contribution in [-0.2, 0) is 0 Å². The number of hydrogen-bond acceptors (Lipinski definition) is 4. The molecule has 4 heteroatoms. The van der Waals surface area contributed by atoms with Crippen LogP contribution in [-0.4, -0.2) is 11.0 Å². The lowest BCUT2D eigenvalue weighted by molar-refractivity contribution is 0.388. The smallest absolute Gasteiger partial charge is 0.295 e. The zero-order valence-electron chi connectivity index (χ0n) is 11.5. The summed E-state index contributed by atoms with van der Waals surface area (Å²) < 4.78 is 5.72. The van der Waals surface area contributed by atoms with Gasteiger partial charge in [-0.05, 0) is 42.9 Å². The Bertz CT molecular complexity index is 578. The Kier molecular flexibility index (Phi) is 3.09. The highest BCUT2D eigenvalue weighted by molar-refractivity contribution is 5.78. The van der Waals surface area contributed by atoms with E-state index in [0.717, 1.165) is 17.0 Å². The maximum Gasteiger partial charge on any atom is 0.295 e. The fourth-order valence-electron chi connectivity index (χ4n) is 3.19. The van der Waals surface area contributed by atoms with Gasteiger partial charge in [0.2, 0.25) is 0 Å². The van der Waals surface area contributed by atoms with Crippen LogP contribution in [0.15, 0.2) is 22.6 Å². The molecule has 1 aromatic carbocycles. The molecule has 1 fully saturated rings. The molecule has 0 saturated heterocycles. The lowest BCUT2D eigenvalue weighted by Crippen LogP contribution is -2.24. The second-order valence-electron chi connectivity index (χ2n) is 5.60. The number of nitrogen functional groups attached to an aromatic ring is 1. The van der Waals surface area contributed by atoms with E-state index in [1.165, 1.54) is 19.3 Å². The number of anilines is 2. The minimum atomic E-state index is 0.468. The summed E-state index contributed by atoms with van der Waals surface area (Å²) in [6.07, 6.45) is 3.74. The Labute approximate surface area is 113 Å². The number of rotatable bonds is 3. The van der Waals surface area contributed by atoms with E-state index in [0.29, 0.717) is 23.7 Å². The van der Waals surface area contributed by atoms with Crippen molar-refractivity contribution in [2.75, 3.05) is 11.1 Å². The molecule has 0 spiro atoms. The first kappa shape index (κ1) is 12.3. The molecule has 19 heavy (non-hydrogen) atoms. The molecule has 3 unspecified atom stereocenters. The van der Waals surface area contributed by atoms with Gasteiger partial charge in [-0.15, -0.1) is 0 Å². The summed E-state index contributed by atoms with van der Waals surface area (Å²) in [5, 5.41) is 3.45. The van der Waals surface area contributed by atoms with Crippen molar-refractivity contribution in [2.24, 2.45) is 11.8 Å². The molecule has 2 aromatic rings. The molecule has 1 aliphatic carbocycles. The number of nitrogens with zero attached hydrogens (tertiary/aromatic N) is 1. The van der Waals surface area contributed by atoms with Crippen LogP contribution < -0.4 is 11.1 Å². The zero-order chi connectivity index (χ0) is 13.4. The third kappa shape index (κ3) is 2.27. The van der Waals surface area contributed by atoms with Gasteiger partial charge in [0.1, 0.15) is 5.52 Å². The zero-order valence-corrected chi connectivity index (χ0v) is 11.5. The number of hydrogen-bond donors (Lipinski definition) is 2. The molecule has 1 aliphatic rings. The number of benzene rings is 1. The van der Waals surface area contributed by atoms with Gasteiger partial charge in [0.15, 0.2) is 5.58 Å². The number of aromatic nitrogens is 1. The predicted molar refractivity (Wildman–Crippen MR) is 78.0 cm³/mol. The van der Waals surface area contributed by atoms with Crippen LogP contribution in [0.2, 0.25) is 0 Å². The lowest BCUT2D eigenvalue weighted by atomic mass is 9.94. The van der Waals surface area contributed by atoms with E-state index in [-0.39, 0.29) is 0 Å². The molecule has 1 aromatic heterocycles. The van der Waals surface area contributed by atoms with Gasteiger partial charge in [0.25, 0.3) is 6.01 Å². The van der Waals surface area contributed by atoms with Gasteiger partial charge in [-0.3, -0.25) is 0 Å². The van der Waals surface area contributed by atoms with E-state index in [4.69, 9.17) is 10.2 Å². The summed E-state index contributed by atoms with van der Waals surface area (Å²) >= 11 is 0. The SMILES string of the molecule is CCC1CCC(Nc2nc3cc(N)ccc3o2)C1C. The van der Waals surface area contributed by atoms with Crippen LogP contribution in [0.1, 0.15) is 33.1 Å². The predicted octanol–water partition coefficient (Wildman–Crippen LogP) is 3.65. The maximum atomic E-state index is 5.75. The number of nitrogens with two attached hydrogens (primary N) is 1. The largest absolute Gasteiger partial charge is 0.424 e. The van der Waals surface area contributed by atoms with Crippen LogP contribution in [0.25, 0.3) is 11.1 Å². The van der Waals surface area contributed by atoms with Crippen molar-refractivity contribution in [1.29, 1.82) is 0 Å². The van der Waals surface area contributed by atoms with Gasteiger partial charge in [-0.2, -0.15) is 4.98 Å². The molecule has 0 radical (unpaired) electrons. The van der Waals surface area contributed by atoms with E-state index in [1.54, 1.807) is 0 Å². The van der Waals surface area contributed by atoms with Crippen molar-refractivity contribution >= 4 is 22.8 Å². The van der Waals surface area contributed by atoms with Crippen molar-refractivity contribution < 1.29 is 4.42 Å². The van der Waals surface area contributed by atoms with Gasteiger partial charge in [0.05, 0.1) is 0 Å². The van der Waals surface area contributed by atoms with Crippen LogP contribution in [0.4, 0.5) is 11.7 Å². The normalized spacial score (nSPS) is 26.9. The Morgan fingerprint density at radius 1 is 1.42 bits per heavy atom. The van der Waals surface area contributed by atoms with Crippen molar-refractivity contribution in [3.8, 4) is 0 Å². The van der Waals surface area contributed by atoms with E-state index in [2.05, 4.69) is 24.1 Å². The summed E-state index contributed by atoms with van der Waals surface area (Å²) in [5.74, 6) is 1.49. The van der Waals surface area contributed by atoms with Crippen molar-refractivity contribution in [3.05, 3.63) is 18.2 Å². The Balaban J connectivity index is 1.78. The highest BCUT2D eigenvalue weighted by Gasteiger charge is 2.32. The average molecular weight is 259 g/mol. The first-order chi connectivity index (χ1) is 9.17. The van der Waals surface area contributed by atoms with Crippen LogP contribution in [0.5, 0.6) is 0 Å². The van der Waals surface area contributed by atoms with Gasteiger partial charge in [0, 0.05) is 11.7 Å². The highest BCUT2D eigenvalue weighted by Crippen LogP contribution is 2.36. The fourth-order valence-corrected chi connectivity index (χ4v) is 3.19. The minimum Gasteiger partial charge on any atom is -0.424 e. The monoisotopic (exact) mass is 259 g/mol. The Morgan fingerprint density at radius 3 is 3.00 bits per heavy atom. The van der Waals surface area contributed by atoms with Crippen LogP contribution in [0, 0.1) is 11.8 Å². The van der Waals surface area contributed by atoms with Gasteiger partial charge in [-0.25, -0.2) is 0 Å². The van der Waals surface area contributed by atoms with E-state index < -0.39 is 0 Å². The maximum absolute atomic E-state index is 5.75. The second-order valence-corrected chi connectivity index (χ2v) is 5.60. The molecule has 1 saturated carbocycles. The number of nitrogens with one attached hydrogen (secondary N) is 1. The Hall–Kier alpha value is -1.71. The van der Waals surface area contributed by atoms with Crippen LogP contribution in [0.3, 0.4) is 0 Å². The molecule has 0 bridgehead atoms. The summed E-state index contributed by atoms with van der Waals surface area (Å²) in [4.78, 5) is 4.46. The van der Waals surface area contributed by atoms with Crippen molar-refractivity contribution in [2.45, 2.75) is 39.2 Å². The molecular weight excluding hydrogens is 238 g/mol. The molecule has 0 aliphatic heterocycles. The van der Waals surface area contributed by atoms with Crippen LogP contribution >= 0.6 is 0 Å². The quantitative estimate of drug-likeness (QED) is 0.826. The van der Waals surface area contributed by atoms with Crippen molar-refractivity contribution in [3.63, 3.8) is 0 Å². The Morgan fingerprint density at radius 2 is 2.26 bits per heavy atom. The topological polar surface area (TPSA) is 64.1 Å². The minimum absolute atomic E-state index is 0.468.